The van der Waals surface area contributed by atoms with Crippen LogP contribution < -0.4 is 5.32 Å². The van der Waals surface area contributed by atoms with E-state index in [2.05, 4.69) is 10.4 Å². The van der Waals surface area contributed by atoms with E-state index in [4.69, 9.17) is 4.42 Å². The van der Waals surface area contributed by atoms with Crippen molar-refractivity contribution in [3.8, 4) is 17.1 Å². The Hall–Kier alpha value is -2.82. The molecule has 1 N–H and O–H groups in total. The van der Waals surface area contributed by atoms with Gasteiger partial charge < -0.3 is 9.73 Å². The van der Waals surface area contributed by atoms with Gasteiger partial charge in [-0.05, 0) is 24.3 Å². The molecular weight excluding hydrogens is 254 g/mol. The number of amides is 1. The molecule has 2 aromatic heterocycles. The van der Waals surface area contributed by atoms with Crippen molar-refractivity contribution >= 4 is 5.91 Å². The lowest BCUT2D eigenvalue weighted by molar-refractivity contribution is 0.0955. The maximum absolute atomic E-state index is 12.0. The molecule has 1 aromatic carbocycles. The fourth-order valence-electron chi connectivity index (χ4n) is 1.98. The van der Waals surface area contributed by atoms with E-state index in [1.807, 2.05) is 36.4 Å². The first-order valence-corrected chi connectivity index (χ1v) is 6.21. The van der Waals surface area contributed by atoms with Crippen molar-refractivity contribution in [1.82, 2.24) is 15.1 Å². The standard InChI is InChI=1S/C15H13N3O2/c1-16-15(19)13-10-12(14-8-5-9-20-14)17-18(13)11-6-3-2-4-7-11/h2-10H,1H3,(H,16,19). The summed E-state index contributed by atoms with van der Waals surface area (Å²) in [6.07, 6.45) is 1.58. The van der Waals surface area contributed by atoms with Gasteiger partial charge in [0.05, 0.1) is 12.0 Å². The van der Waals surface area contributed by atoms with Crippen LogP contribution in [0.2, 0.25) is 0 Å². The Morgan fingerprint density at radius 3 is 2.65 bits per heavy atom. The molecule has 1 amide bonds. The van der Waals surface area contributed by atoms with Crippen molar-refractivity contribution in [1.29, 1.82) is 0 Å². The van der Waals surface area contributed by atoms with Gasteiger partial charge in [-0.15, -0.1) is 0 Å². The highest BCUT2D eigenvalue weighted by Crippen LogP contribution is 2.22. The molecule has 0 aliphatic rings. The van der Waals surface area contributed by atoms with E-state index in [1.165, 1.54) is 0 Å². The molecule has 5 heteroatoms. The van der Waals surface area contributed by atoms with Gasteiger partial charge in [0.15, 0.2) is 5.76 Å². The van der Waals surface area contributed by atoms with Crippen LogP contribution in [-0.2, 0) is 0 Å². The topological polar surface area (TPSA) is 60.1 Å². The lowest BCUT2D eigenvalue weighted by atomic mass is 10.2. The maximum Gasteiger partial charge on any atom is 0.269 e. The molecule has 0 bridgehead atoms. The van der Waals surface area contributed by atoms with Gasteiger partial charge >= 0.3 is 0 Å². The molecule has 0 saturated heterocycles. The first kappa shape index (κ1) is 12.2. The summed E-state index contributed by atoms with van der Waals surface area (Å²) in [6, 6.07) is 14.8. The van der Waals surface area contributed by atoms with Gasteiger partial charge in [-0.2, -0.15) is 5.10 Å². The normalized spacial score (nSPS) is 10.4. The van der Waals surface area contributed by atoms with E-state index in [9.17, 15) is 4.79 Å². The van der Waals surface area contributed by atoms with E-state index >= 15 is 0 Å². The van der Waals surface area contributed by atoms with Crippen LogP contribution in [0.3, 0.4) is 0 Å². The molecule has 3 rings (SSSR count). The number of hydrogen-bond donors (Lipinski definition) is 1. The van der Waals surface area contributed by atoms with Crippen LogP contribution in [0.25, 0.3) is 17.1 Å². The van der Waals surface area contributed by atoms with Crippen molar-refractivity contribution in [3.05, 3.63) is 60.5 Å². The van der Waals surface area contributed by atoms with Gasteiger partial charge in [-0.3, -0.25) is 4.79 Å². The summed E-state index contributed by atoms with van der Waals surface area (Å²) in [4.78, 5) is 12.0. The second kappa shape index (κ2) is 5.05. The molecule has 0 radical (unpaired) electrons. The fraction of sp³-hybridized carbons (Fsp3) is 0.0667. The number of rotatable bonds is 3. The lowest BCUT2D eigenvalue weighted by Crippen LogP contribution is -2.21. The molecule has 0 aliphatic heterocycles. The van der Waals surface area contributed by atoms with Gasteiger partial charge in [-0.25, -0.2) is 4.68 Å². The predicted octanol–water partition coefficient (Wildman–Crippen LogP) is 2.49. The third-order valence-corrected chi connectivity index (χ3v) is 2.94. The van der Waals surface area contributed by atoms with Crippen LogP contribution in [0.1, 0.15) is 10.5 Å². The van der Waals surface area contributed by atoms with Crippen molar-refractivity contribution in [2.75, 3.05) is 7.05 Å². The highest BCUT2D eigenvalue weighted by molar-refractivity contribution is 5.94. The lowest BCUT2D eigenvalue weighted by Gasteiger charge is -2.05. The van der Waals surface area contributed by atoms with E-state index < -0.39 is 0 Å². The second-order valence-corrected chi connectivity index (χ2v) is 4.22. The number of para-hydroxylation sites is 1. The van der Waals surface area contributed by atoms with Crippen molar-refractivity contribution in [2.24, 2.45) is 0 Å². The van der Waals surface area contributed by atoms with E-state index in [0.29, 0.717) is 17.1 Å². The quantitative estimate of drug-likeness (QED) is 0.793. The summed E-state index contributed by atoms with van der Waals surface area (Å²) >= 11 is 0. The van der Waals surface area contributed by atoms with E-state index in [-0.39, 0.29) is 5.91 Å². The average molecular weight is 267 g/mol. The van der Waals surface area contributed by atoms with Crippen molar-refractivity contribution in [3.63, 3.8) is 0 Å². The SMILES string of the molecule is CNC(=O)c1cc(-c2ccco2)nn1-c1ccccc1. The molecule has 0 spiro atoms. The number of carbonyl (C=O) groups excluding carboxylic acids is 1. The molecule has 0 fully saturated rings. The van der Waals surface area contributed by atoms with Crippen LogP contribution in [0, 0.1) is 0 Å². The van der Waals surface area contributed by atoms with Crippen LogP contribution in [0.4, 0.5) is 0 Å². The molecule has 0 atom stereocenters. The van der Waals surface area contributed by atoms with E-state index in [0.717, 1.165) is 5.69 Å². The van der Waals surface area contributed by atoms with Crippen LogP contribution in [0.15, 0.2) is 59.2 Å². The van der Waals surface area contributed by atoms with Gasteiger partial charge in [0.25, 0.3) is 5.91 Å². The summed E-state index contributed by atoms with van der Waals surface area (Å²) in [5.41, 5.74) is 1.91. The number of carbonyl (C=O) groups is 1. The number of furan rings is 1. The number of hydrogen-bond acceptors (Lipinski definition) is 3. The van der Waals surface area contributed by atoms with Crippen molar-refractivity contribution < 1.29 is 9.21 Å². The molecule has 2 heterocycles. The molecule has 5 nitrogen and oxygen atoms in total. The van der Waals surface area contributed by atoms with E-state index in [1.54, 1.807) is 30.1 Å². The maximum atomic E-state index is 12.0. The Kier molecular flexibility index (Phi) is 3.09. The molecular formula is C15H13N3O2. The Morgan fingerprint density at radius 1 is 1.20 bits per heavy atom. The number of benzene rings is 1. The Balaban J connectivity index is 2.15. The summed E-state index contributed by atoms with van der Waals surface area (Å²) in [5, 5.41) is 7.07. The molecule has 20 heavy (non-hydrogen) atoms. The van der Waals surface area contributed by atoms with Gasteiger partial charge in [-0.1, -0.05) is 18.2 Å². The molecule has 0 saturated carbocycles. The predicted molar refractivity (Wildman–Crippen MR) is 74.7 cm³/mol. The highest BCUT2D eigenvalue weighted by Gasteiger charge is 2.17. The number of aromatic nitrogens is 2. The minimum Gasteiger partial charge on any atom is -0.463 e. The van der Waals surface area contributed by atoms with Gasteiger partial charge in [0.2, 0.25) is 0 Å². The van der Waals surface area contributed by atoms with Gasteiger partial charge in [0, 0.05) is 13.1 Å². The summed E-state index contributed by atoms with van der Waals surface area (Å²) in [6.45, 7) is 0. The molecule has 0 aliphatic carbocycles. The molecule has 0 unspecified atom stereocenters. The Labute approximate surface area is 115 Å². The zero-order chi connectivity index (χ0) is 13.9. The third kappa shape index (κ3) is 2.09. The number of nitrogens with zero attached hydrogens (tertiary/aromatic N) is 2. The minimum absolute atomic E-state index is 0.195. The minimum atomic E-state index is -0.195. The smallest absolute Gasteiger partial charge is 0.269 e. The summed E-state index contributed by atoms with van der Waals surface area (Å²) < 4.78 is 6.94. The monoisotopic (exact) mass is 267 g/mol. The van der Waals surface area contributed by atoms with Crippen LogP contribution in [-0.4, -0.2) is 22.7 Å². The molecule has 100 valence electrons. The highest BCUT2D eigenvalue weighted by atomic mass is 16.3. The first-order chi connectivity index (χ1) is 9.79. The van der Waals surface area contributed by atoms with Crippen molar-refractivity contribution in [2.45, 2.75) is 0 Å². The zero-order valence-corrected chi connectivity index (χ0v) is 10.9. The average Bonchev–Trinajstić information content (AvgIpc) is 3.16. The molecule has 3 aromatic rings. The first-order valence-electron chi connectivity index (χ1n) is 6.21. The van der Waals surface area contributed by atoms with Gasteiger partial charge in [0.1, 0.15) is 11.4 Å². The van der Waals surface area contributed by atoms with Crippen LogP contribution in [0.5, 0.6) is 0 Å². The summed E-state index contributed by atoms with van der Waals surface area (Å²) in [5.74, 6) is 0.434. The zero-order valence-electron chi connectivity index (χ0n) is 10.9. The Morgan fingerprint density at radius 2 is 2.00 bits per heavy atom. The second-order valence-electron chi connectivity index (χ2n) is 4.22. The third-order valence-electron chi connectivity index (χ3n) is 2.94. The van der Waals surface area contributed by atoms with Crippen LogP contribution >= 0.6 is 0 Å². The number of nitrogens with one attached hydrogen (secondary N) is 1. The summed E-state index contributed by atoms with van der Waals surface area (Å²) in [7, 11) is 1.59. The largest absolute Gasteiger partial charge is 0.463 e. The Bertz CT molecular complexity index is 715. The fourth-order valence-corrected chi connectivity index (χ4v) is 1.98.